The van der Waals surface area contributed by atoms with Crippen LogP contribution in [-0.4, -0.2) is 35.6 Å². The lowest BCUT2D eigenvalue weighted by Crippen LogP contribution is -2.44. The lowest BCUT2D eigenvalue weighted by molar-refractivity contribution is 0.00493. The maximum Gasteiger partial charge on any atom is 0.0766 e. The largest absolute Gasteiger partial charge is 0.377 e. The molecule has 20 heavy (non-hydrogen) atoms. The highest BCUT2D eigenvalue weighted by molar-refractivity contribution is 9.10. The summed E-state index contributed by atoms with van der Waals surface area (Å²) >= 11 is 3.69. The van der Waals surface area contributed by atoms with Crippen LogP contribution >= 0.6 is 15.9 Å². The summed E-state index contributed by atoms with van der Waals surface area (Å²) in [6.07, 6.45) is 2.05. The number of likely N-dealkylation sites (N-methyl/N-ethyl adjacent to an activating group) is 1. The SMILES string of the molecule is CCOC(C(C)C)C(Cc1c(Br)c(CC)nn1C)NC. The van der Waals surface area contributed by atoms with Gasteiger partial charge in [-0.1, -0.05) is 20.8 Å². The van der Waals surface area contributed by atoms with E-state index in [0.717, 1.165) is 29.6 Å². The van der Waals surface area contributed by atoms with Gasteiger partial charge >= 0.3 is 0 Å². The van der Waals surface area contributed by atoms with Gasteiger partial charge in [0.15, 0.2) is 0 Å². The Morgan fingerprint density at radius 3 is 2.40 bits per heavy atom. The monoisotopic (exact) mass is 345 g/mol. The van der Waals surface area contributed by atoms with Crippen LogP contribution in [-0.2, 0) is 24.6 Å². The standard InChI is InChI=1S/C15H28BrN3O/c1-7-11-14(16)13(19(6)18-11)9-12(17-5)15(10(3)4)20-8-2/h10,12,15,17H,7-9H2,1-6H3. The molecule has 0 aromatic carbocycles. The first-order valence-corrected chi connectivity index (χ1v) is 8.24. The molecule has 1 aromatic heterocycles. The van der Waals surface area contributed by atoms with Crippen molar-refractivity contribution in [1.29, 1.82) is 0 Å². The van der Waals surface area contributed by atoms with Gasteiger partial charge in [-0.25, -0.2) is 0 Å². The third-order valence-electron chi connectivity index (χ3n) is 3.70. The summed E-state index contributed by atoms with van der Waals surface area (Å²) < 4.78 is 9.06. The zero-order chi connectivity index (χ0) is 15.3. The second kappa shape index (κ2) is 8.15. The fourth-order valence-corrected chi connectivity index (χ4v) is 3.38. The fourth-order valence-electron chi connectivity index (χ4n) is 2.60. The summed E-state index contributed by atoms with van der Waals surface area (Å²) in [5.41, 5.74) is 2.35. The van der Waals surface area contributed by atoms with Crippen LogP contribution in [0.25, 0.3) is 0 Å². The van der Waals surface area contributed by atoms with Crippen molar-refractivity contribution in [3.05, 3.63) is 15.9 Å². The summed E-state index contributed by atoms with van der Waals surface area (Å²) in [5, 5.41) is 7.98. The fraction of sp³-hybridized carbons (Fsp3) is 0.800. The minimum atomic E-state index is 0.205. The minimum absolute atomic E-state index is 0.205. The van der Waals surface area contributed by atoms with Crippen molar-refractivity contribution in [3.8, 4) is 0 Å². The summed E-state index contributed by atoms with van der Waals surface area (Å²) in [6.45, 7) is 9.34. The molecular formula is C15H28BrN3O. The maximum atomic E-state index is 5.93. The number of nitrogens with one attached hydrogen (secondary N) is 1. The molecule has 0 aliphatic carbocycles. The molecule has 0 fully saturated rings. The van der Waals surface area contributed by atoms with Crippen LogP contribution in [0.15, 0.2) is 4.47 Å². The molecule has 2 atom stereocenters. The van der Waals surface area contributed by atoms with E-state index in [-0.39, 0.29) is 12.1 Å². The average Bonchev–Trinajstić information content (AvgIpc) is 2.68. The Hall–Kier alpha value is -0.390. The molecule has 0 radical (unpaired) electrons. The molecule has 1 N–H and O–H groups in total. The van der Waals surface area contributed by atoms with Gasteiger partial charge in [-0.2, -0.15) is 5.10 Å². The smallest absolute Gasteiger partial charge is 0.0766 e. The van der Waals surface area contributed by atoms with Crippen LogP contribution in [0.4, 0.5) is 0 Å². The van der Waals surface area contributed by atoms with Crippen LogP contribution < -0.4 is 5.32 Å². The molecule has 4 nitrogen and oxygen atoms in total. The third-order valence-corrected chi connectivity index (χ3v) is 4.62. The van der Waals surface area contributed by atoms with Gasteiger partial charge in [0.05, 0.1) is 22.0 Å². The number of aryl methyl sites for hydroxylation is 2. The van der Waals surface area contributed by atoms with Gasteiger partial charge in [-0.15, -0.1) is 0 Å². The Morgan fingerprint density at radius 1 is 1.35 bits per heavy atom. The van der Waals surface area contributed by atoms with E-state index in [2.05, 4.69) is 54.0 Å². The highest BCUT2D eigenvalue weighted by Gasteiger charge is 2.26. The summed E-state index contributed by atoms with van der Waals surface area (Å²) in [6, 6.07) is 0.284. The number of hydrogen-bond donors (Lipinski definition) is 1. The van der Waals surface area contributed by atoms with Crippen molar-refractivity contribution in [1.82, 2.24) is 15.1 Å². The molecule has 5 heteroatoms. The van der Waals surface area contributed by atoms with Crippen molar-refractivity contribution in [3.63, 3.8) is 0 Å². The number of ether oxygens (including phenoxy) is 1. The van der Waals surface area contributed by atoms with Gasteiger partial charge in [-0.3, -0.25) is 4.68 Å². The van der Waals surface area contributed by atoms with Gasteiger partial charge in [0.1, 0.15) is 0 Å². The van der Waals surface area contributed by atoms with E-state index >= 15 is 0 Å². The first-order valence-electron chi connectivity index (χ1n) is 7.45. The quantitative estimate of drug-likeness (QED) is 0.787. The van der Waals surface area contributed by atoms with Gasteiger partial charge in [0.2, 0.25) is 0 Å². The predicted molar refractivity (Wildman–Crippen MR) is 87.1 cm³/mol. The Kier molecular flexibility index (Phi) is 7.20. The van der Waals surface area contributed by atoms with E-state index in [0.29, 0.717) is 5.92 Å². The second-order valence-electron chi connectivity index (χ2n) is 5.45. The molecule has 1 aromatic rings. The predicted octanol–water partition coefficient (Wildman–Crippen LogP) is 2.94. The van der Waals surface area contributed by atoms with Crippen molar-refractivity contribution in [2.24, 2.45) is 13.0 Å². The molecular weight excluding hydrogens is 318 g/mol. The number of halogens is 1. The second-order valence-corrected chi connectivity index (χ2v) is 6.24. The lowest BCUT2D eigenvalue weighted by Gasteiger charge is -2.30. The Balaban J connectivity index is 2.95. The van der Waals surface area contributed by atoms with E-state index in [9.17, 15) is 0 Å². The summed E-state index contributed by atoms with van der Waals surface area (Å²) in [5.74, 6) is 0.477. The average molecular weight is 346 g/mol. The van der Waals surface area contributed by atoms with Crippen molar-refractivity contribution < 1.29 is 4.74 Å². The van der Waals surface area contributed by atoms with E-state index in [1.165, 1.54) is 5.69 Å². The van der Waals surface area contributed by atoms with Crippen LogP contribution in [0, 0.1) is 5.92 Å². The molecule has 0 aliphatic rings. The molecule has 2 unspecified atom stereocenters. The first kappa shape index (κ1) is 17.7. The zero-order valence-electron chi connectivity index (χ0n) is 13.5. The van der Waals surface area contributed by atoms with Gasteiger partial charge in [0.25, 0.3) is 0 Å². The highest BCUT2D eigenvalue weighted by atomic mass is 79.9. The first-order chi connectivity index (χ1) is 9.46. The minimum Gasteiger partial charge on any atom is -0.377 e. The highest BCUT2D eigenvalue weighted by Crippen LogP contribution is 2.24. The molecule has 0 aliphatic heterocycles. The Bertz CT molecular complexity index is 417. The summed E-state index contributed by atoms with van der Waals surface area (Å²) in [7, 11) is 4.01. The molecule has 1 heterocycles. The molecule has 0 bridgehead atoms. The number of rotatable bonds is 8. The van der Waals surface area contributed by atoms with Gasteiger partial charge in [0, 0.05) is 26.1 Å². The van der Waals surface area contributed by atoms with Crippen molar-refractivity contribution >= 4 is 15.9 Å². The molecule has 1 rings (SSSR count). The van der Waals surface area contributed by atoms with Gasteiger partial charge in [-0.05, 0) is 42.2 Å². The Morgan fingerprint density at radius 2 is 2.00 bits per heavy atom. The normalized spacial score (nSPS) is 14.8. The zero-order valence-corrected chi connectivity index (χ0v) is 15.1. The van der Waals surface area contributed by atoms with E-state index < -0.39 is 0 Å². The van der Waals surface area contributed by atoms with Crippen LogP contribution in [0.2, 0.25) is 0 Å². The van der Waals surface area contributed by atoms with Crippen molar-refractivity contribution in [2.75, 3.05) is 13.7 Å². The lowest BCUT2D eigenvalue weighted by atomic mass is 9.95. The van der Waals surface area contributed by atoms with E-state index in [1.807, 2.05) is 18.8 Å². The molecule has 0 saturated carbocycles. The van der Waals surface area contributed by atoms with Crippen LogP contribution in [0.3, 0.4) is 0 Å². The van der Waals surface area contributed by atoms with E-state index in [1.54, 1.807) is 0 Å². The van der Waals surface area contributed by atoms with Crippen molar-refractivity contribution in [2.45, 2.75) is 52.7 Å². The van der Waals surface area contributed by atoms with Gasteiger partial charge < -0.3 is 10.1 Å². The molecule has 0 spiro atoms. The molecule has 0 amide bonds. The molecule has 116 valence electrons. The molecule has 0 saturated heterocycles. The summed E-state index contributed by atoms with van der Waals surface area (Å²) in [4.78, 5) is 0. The van der Waals surface area contributed by atoms with Crippen LogP contribution in [0.5, 0.6) is 0 Å². The maximum absolute atomic E-state index is 5.93. The number of aromatic nitrogens is 2. The number of hydrogen-bond acceptors (Lipinski definition) is 3. The van der Waals surface area contributed by atoms with E-state index in [4.69, 9.17) is 4.74 Å². The topological polar surface area (TPSA) is 39.1 Å². The third kappa shape index (κ3) is 4.06. The Labute approximate surface area is 131 Å². The van der Waals surface area contributed by atoms with Crippen LogP contribution in [0.1, 0.15) is 39.1 Å². The number of nitrogens with zero attached hydrogens (tertiary/aromatic N) is 2.